The third-order valence-corrected chi connectivity index (χ3v) is 5.70. The van der Waals surface area contributed by atoms with Crippen molar-refractivity contribution < 1.29 is 0 Å². The average molecular weight is 308 g/mol. The SMILES string of the molecule is I[C@H]1C=ICC1. The second-order valence-electron chi connectivity index (χ2n) is 1.27. The summed E-state index contributed by atoms with van der Waals surface area (Å²) in [6.07, 6.45) is 1.47. The number of rotatable bonds is 0. The molecule has 2 heteroatoms. The molecule has 0 saturated carbocycles. The smallest absolute Gasteiger partial charge is 0.0349 e. The first kappa shape index (κ1) is 5.47. The van der Waals surface area contributed by atoms with Crippen LogP contribution in [0.4, 0.5) is 0 Å². The zero-order valence-electron chi connectivity index (χ0n) is 3.32. The predicted molar refractivity (Wildman–Crippen MR) is 47.4 cm³/mol. The Morgan fingerprint density at radius 3 is 2.83 bits per heavy atom. The van der Waals surface area contributed by atoms with Crippen LogP contribution in [0.5, 0.6) is 0 Å². The molecule has 0 aromatic carbocycles. The summed E-state index contributed by atoms with van der Waals surface area (Å²) in [6.45, 7) is 0. The van der Waals surface area contributed by atoms with Gasteiger partial charge in [0.05, 0.1) is 0 Å². The maximum atomic E-state index is 2.50. The Morgan fingerprint density at radius 2 is 2.67 bits per heavy atom. The van der Waals surface area contributed by atoms with Gasteiger partial charge in [-0.25, -0.2) is 0 Å². The fraction of sp³-hybridized carbons (Fsp3) is 0.750. The molecule has 0 radical (unpaired) electrons. The minimum Gasteiger partial charge on any atom is -0.126 e. The van der Waals surface area contributed by atoms with Crippen LogP contribution in [-0.2, 0) is 0 Å². The van der Waals surface area contributed by atoms with Crippen molar-refractivity contribution in [2.75, 3.05) is 4.43 Å². The molecule has 0 amide bonds. The van der Waals surface area contributed by atoms with E-state index in [0.717, 1.165) is 3.92 Å². The number of hydrogen-bond acceptors (Lipinski definition) is 0. The van der Waals surface area contributed by atoms with E-state index >= 15 is 0 Å². The highest BCUT2D eigenvalue weighted by Crippen LogP contribution is 2.17. The molecule has 1 atom stereocenters. The van der Waals surface area contributed by atoms with Crippen LogP contribution in [0.1, 0.15) is 6.42 Å². The Hall–Kier alpha value is 1.33. The minimum absolute atomic E-state index is 0.569. The molecule has 0 aliphatic carbocycles. The van der Waals surface area contributed by atoms with Crippen LogP contribution in [-0.4, -0.2) is 12.4 Å². The second kappa shape index (κ2) is 2.59. The average Bonchev–Trinajstić information content (AvgIpc) is 1.86. The van der Waals surface area contributed by atoms with Crippen LogP contribution in [0.2, 0.25) is 0 Å². The summed E-state index contributed by atoms with van der Waals surface area (Å²) in [6, 6.07) is 0. The standard InChI is InChI=1S/C4H6I2/c5-4-1-2-6-3-4/h3-4H,1-2H2/t4-/m1/s1. The summed E-state index contributed by atoms with van der Waals surface area (Å²) in [5.41, 5.74) is 0. The van der Waals surface area contributed by atoms with Crippen molar-refractivity contribution in [2.45, 2.75) is 10.3 Å². The van der Waals surface area contributed by atoms with Crippen molar-refractivity contribution in [3.05, 3.63) is 0 Å². The number of hydrogen-bond donors (Lipinski definition) is 0. The van der Waals surface area contributed by atoms with Crippen LogP contribution in [0, 0.1) is 0 Å². The topological polar surface area (TPSA) is 0 Å². The van der Waals surface area contributed by atoms with Crippen LogP contribution in [0.25, 0.3) is 0 Å². The van der Waals surface area contributed by atoms with Crippen LogP contribution in [0.15, 0.2) is 0 Å². The lowest BCUT2D eigenvalue weighted by molar-refractivity contribution is 1.11. The van der Waals surface area contributed by atoms with Gasteiger partial charge in [-0.05, 0) is 14.9 Å². The van der Waals surface area contributed by atoms with Crippen molar-refractivity contribution >= 4 is 47.3 Å². The third-order valence-electron chi connectivity index (χ3n) is 0.720. The van der Waals surface area contributed by atoms with Gasteiger partial charge in [-0.2, -0.15) is 0 Å². The van der Waals surface area contributed by atoms with E-state index in [1.807, 2.05) is 0 Å². The van der Waals surface area contributed by atoms with Gasteiger partial charge in [0.2, 0.25) is 0 Å². The molecule has 0 saturated heterocycles. The summed E-state index contributed by atoms with van der Waals surface area (Å²) in [5.74, 6) is 0. The number of halogens is 2. The van der Waals surface area contributed by atoms with Gasteiger partial charge in [-0.15, -0.1) is 20.7 Å². The first-order valence-corrected chi connectivity index (χ1v) is 5.96. The molecule has 1 rings (SSSR count). The van der Waals surface area contributed by atoms with Gasteiger partial charge >= 0.3 is 0 Å². The Bertz CT molecular complexity index is 67.9. The lowest BCUT2D eigenvalue weighted by Crippen LogP contribution is -1.88. The van der Waals surface area contributed by atoms with Gasteiger partial charge in [0.25, 0.3) is 0 Å². The molecule has 6 heavy (non-hydrogen) atoms. The van der Waals surface area contributed by atoms with Crippen LogP contribution < -0.4 is 0 Å². The fourth-order valence-electron chi connectivity index (χ4n) is 0.390. The van der Waals surface area contributed by atoms with Gasteiger partial charge < -0.3 is 0 Å². The number of alkyl halides is 2. The second-order valence-corrected chi connectivity index (χ2v) is 5.55. The molecular formula is C4H6I2. The molecule has 0 aromatic heterocycles. The van der Waals surface area contributed by atoms with Gasteiger partial charge in [-0.3, -0.25) is 0 Å². The molecule has 0 nitrogen and oxygen atoms in total. The van der Waals surface area contributed by atoms with Crippen molar-refractivity contribution in [1.29, 1.82) is 0 Å². The Balaban J connectivity index is 2.38. The third kappa shape index (κ3) is 1.44. The summed E-state index contributed by atoms with van der Waals surface area (Å²) in [4.78, 5) is 0. The van der Waals surface area contributed by atoms with E-state index in [0.29, 0.717) is 20.7 Å². The van der Waals surface area contributed by atoms with Gasteiger partial charge in [0, 0.05) is 3.92 Å². The molecule has 0 bridgehead atoms. The monoisotopic (exact) mass is 308 g/mol. The zero-order valence-corrected chi connectivity index (χ0v) is 7.64. The maximum absolute atomic E-state index is 2.50. The van der Waals surface area contributed by atoms with E-state index in [2.05, 4.69) is 26.6 Å². The Labute approximate surface area is 61.6 Å². The van der Waals surface area contributed by atoms with Crippen molar-refractivity contribution in [1.82, 2.24) is 0 Å². The largest absolute Gasteiger partial charge is 0.126 e. The summed E-state index contributed by atoms with van der Waals surface area (Å²) < 4.78 is 4.97. The molecule has 36 valence electrons. The van der Waals surface area contributed by atoms with E-state index in [1.54, 1.807) is 0 Å². The van der Waals surface area contributed by atoms with E-state index in [1.165, 1.54) is 10.8 Å². The highest BCUT2D eigenvalue weighted by Gasteiger charge is 2.01. The molecule has 1 aliphatic rings. The molecule has 0 fully saturated rings. The fourth-order valence-corrected chi connectivity index (χ4v) is 5.48. The molecular weight excluding hydrogens is 302 g/mol. The molecule has 0 aromatic rings. The first-order valence-electron chi connectivity index (χ1n) is 1.95. The van der Waals surface area contributed by atoms with Gasteiger partial charge in [0.1, 0.15) is 0 Å². The molecule has 0 N–H and O–H groups in total. The molecule has 0 spiro atoms. The Morgan fingerprint density at radius 1 is 1.83 bits per heavy atom. The summed E-state index contributed by atoms with van der Waals surface area (Å²) in [7, 11) is 0. The van der Waals surface area contributed by atoms with E-state index < -0.39 is 0 Å². The maximum Gasteiger partial charge on any atom is 0.0349 e. The normalized spacial score (nSPS) is 33.2. The van der Waals surface area contributed by atoms with Crippen LogP contribution in [0.3, 0.4) is 0 Å². The minimum atomic E-state index is 0.569. The highest BCUT2D eigenvalue weighted by molar-refractivity contribution is 14.2. The quantitative estimate of drug-likeness (QED) is 0.474. The van der Waals surface area contributed by atoms with E-state index in [9.17, 15) is 0 Å². The van der Waals surface area contributed by atoms with E-state index in [-0.39, 0.29) is 0 Å². The Kier molecular flexibility index (Phi) is 2.36. The first-order chi connectivity index (χ1) is 2.89. The molecule has 1 aliphatic heterocycles. The lowest BCUT2D eigenvalue weighted by atomic mass is 10.4. The van der Waals surface area contributed by atoms with Crippen molar-refractivity contribution in [3.63, 3.8) is 0 Å². The molecule has 0 unspecified atom stereocenters. The summed E-state index contributed by atoms with van der Waals surface area (Å²) >= 11 is 3.07. The van der Waals surface area contributed by atoms with Crippen molar-refractivity contribution in [3.8, 4) is 0 Å². The highest BCUT2D eigenvalue weighted by atomic mass is 127. The molecule has 1 heterocycles. The van der Waals surface area contributed by atoms with Gasteiger partial charge in [0.15, 0.2) is 0 Å². The van der Waals surface area contributed by atoms with Gasteiger partial charge in [-0.1, -0.05) is 22.6 Å². The lowest BCUT2D eigenvalue weighted by Gasteiger charge is -1.86. The van der Waals surface area contributed by atoms with Crippen LogP contribution >= 0.6 is 43.3 Å². The van der Waals surface area contributed by atoms with Crippen molar-refractivity contribution in [2.24, 2.45) is 0 Å². The van der Waals surface area contributed by atoms with E-state index in [4.69, 9.17) is 0 Å². The predicted octanol–water partition coefficient (Wildman–Crippen LogP) is 1.97. The summed E-state index contributed by atoms with van der Waals surface area (Å²) in [5, 5.41) is 0. The zero-order chi connectivity index (χ0) is 4.41.